The van der Waals surface area contributed by atoms with Crippen LogP contribution in [0.5, 0.6) is 5.75 Å². The summed E-state index contributed by atoms with van der Waals surface area (Å²) in [7, 11) is 0. The van der Waals surface area contributed by atoms with Crippen molar-refractivity contribution in [3.8, 4) is 5.75 Å². The first kappa shape index (κ1) is 14.2. The van der Waals surface area contributed by atoms with Gasteiger partial charge in [-0.2, -0.15) is 13.2 Å². The molecule has 106 valence electrons. The standard InChI is InChI=1S/C14H18F3NO/c1-10-2-3-11(8-18-10)9-19-13-6-4-12(5-7-13)14(15,16)17/h4-7,10-11,18H,2-3,8-9H2,1H3/t10-,11-/m1/s1. The molecule has 0 bridgehead atoms. The maximum atomic E-state index is 12.4. The SMILES string of the molecule is C[C@@H]1CC[C@@H](COc2ccc(C(F)(F)F)cc2)CN1. The predicted molar refractivity (Wildman–Crippen MR) is 67.1 cm³/mol. The van der Waals surface area contributed by atoms with Crippen LogP contribution in [0.2, 0.25) is 0 Å². The summed E-state index contributed by atoms with van der Waals surface area (Å²) in [5.41, 5.74) is -0.645. The van der Waals surface area contributed by atoms with Crippen molar-refractivity contribution < 1.29 is 17.9 Å². The van der Waals surface area contributed by atoms with E-state index in [9.17, 15) is 13.2 Å². The van der Waals surface area contributed by atoms with E-state index < -0.39 is 11.7 Å². The van der Waals surface area contributed by atoms with Crippen molar-refractivity contribution in [1.29, 1.82) is 0 Å². The molecule has 0 aromatic heterocycles. The van der Waals surface area contributed by atoms with Crippen LogP contribution in [-0.4, -0.2) is 19.2 Å². The fraction of sp³-hybridized carbons (Fsp3) is 0.571. The molecule has 2 atom stereocenters. The molecular weight excluding hydrogens is 255 g/mol. The van der Waals surface area contributed by atoms with Gasteiger partial charge in [-0.25, -0.2) is 0 Å². The van der Waals surface area contributed by atoms with E-state index in [1.54, 1.807) is 0 Å². The smallest absolute Gasteiger partial charge is 0.416 e. The number of hydrogen-bond donors (Lipinski definition) is 1. The molecule has 1 fully saturated rings. The Morgan fingerprint density at radius 1 is 1.21 bits per heavy atom. The second-order valence-corrected chi connectivity index (χ2v) is 5.09. The zero-order valence-electron chi connectivity index (χ0n) is 10.8. The predicted octanol–water partition coefficient (Wildman–Crippen LogP) is 3.47. The lowest BCUT2D eigenvalue weighted by Gasteiger charge is -2.27. The van der Waals surface area contributed by atoms with Crippen LogP contribution < -0.4 is 10.1 Å². The molecule has 1 N–H and O–H groups in total. The molecule has 1 aliphatic heterocycles. The molecule has 2 rings (SSSR count). The van der Waals surface area contributed by atoms with Crippen molar-refractivity contribution in [3.63, 3.8) is 0 Å². The Bertz CT molecular complexity index is 394. The van der Waals surface area contributed by atoms with Gasteiger partial charge in [0.1, 0.15) is 5.75 Å². The van der Waals surface area contributed by atoms with Gasteiger partial charge in [0.05, 0.1) is 12.2 Å². The van der Waals surface area contributed by atoms with Crippen LogP contribution in [0, 0.1) is 5.92 Å². The first-order valence-electron chi connectivity index (χ1n) is 6.48. The van der Waals surface area contributed by atoms with E-state index in [2.05, 4.69) is 12.2 Å². The number of halogens is 3. The first-order valence-corrected chi connectivity index (χ1v) is 6.48. The summed E-state index contributed by atoms with van der Waals surface area (Å²) in [6, 6.07) is 5.40. The lowest BCUT2D eigenvalue weighted by atomic mass is 9.96. The highest BCUT2D eigenvalue weighted by Crippen LogP contribution is 2.30. The minimum Gasteiger partial charge on any atom is -0.493 e. The molecule has 0 unspecified atom stereocenters. The number of benzene rings is 1. The minimum absolute atomic E-state index is 0.429. The Hall–Kier alpha value is -1.23. The minimum atomic E-state index is -4.29. The zero-order valence-corrected chi connectivity index (χ0v) is 10.8. The van der Waals surface area contributed by atoms with Gasteiger partial charge in [-0.15, -0.1) is 0 Å². The normalized spacial score (nSPS) is 24.2. The molecular formula is C14H18F3NO. The molecule has 0 spiro atoms. The second kappa shape index (κ2) is 5.82. The summed E-state index contributed by atoms with van der Waals surface area (Å²) in [6.07, 6.45) is -2.09. The molecule has 2 nitrogen and oxygen atoms in total. The van der Waals surface area contributed by atoms with E-state index in [1.807, 2.05) is 0 Å². The van der Waals surface area contributed by atoms with Crippen LogP contribution in [0.3, 0.4) is 0 Å². The number of hydrogen-bond acceptors (Lipinski definition) is 2. The average molecular weight is 273 g/mol. The van der Waals surface area contributed by atoms with E-state index in [4.69, 9.17) is 4.74 Å². The number of rotatable bonds is 3. The average Bonchev–Trinajstić information content (AvgIpc) is 2.37. The van der Waals surface area contributed by atoms with Crippen LogP contribution >= 0.6 is 0 Å². The molecule has 0 amide bonds. The Balaban J connectivity index is 1.83. The van der Waals surface area contributed by atoms with E-state index in [1.165, 1.54) is 12.1 Å². The third kappa shape index (κ3) is 4.13. The molecule has 0 radical (unpaired) electrons. The van der Waals surface area contributed by atoms with Crippen LogP contribution in [0.1, 0.15) is 25.3 Å². The van der Waals surface area contributed by atoms with Crippen molar-refractivity contribution >= 4 is 0 Å². The molecule has 1 aliphatic rings. The maximum absolute atomic E-state index is 12.4. The van der Waals surface area contributed by atoms with Gasteiger partial charge >= 0.3 is 6.18 Å². The highest BCUT2D eigenvalue weighted by molar-refractivity contribution is 5.28. The fourth-order valence-electron chi connectivity index (χ4n) is 2.15. The van der Waals surface area contributed by atoms with Crippen LogP contribution in [0.4, 0.5) is 13.2 Å². The molecule has 1 aromatic rings. The summed E-state index contributed by atoms with van der Waals surface area (Å²) in [4.78, 5) is 0. The molecule has 0 saturated carbocycles. The number of ether oxygens (including phenoxy) is 1. The second-order valence-electron chi connectivity index (χ2n) is 5.09. The zero-order chi connectivity index (χ0) is 13.9. The summed E-state index contributed by atoms with van der Waals surface area (Å²) in [5, 5.41) is 3.37. The third-order valence-corrected chi connectivity index (χ3v) is 3.43. The number of piperidine rings is 1. The van der Waals surface area contributed by atoms with Crippen molar-refractivity contribution in [3.05, 3.63) is 29.8 Å². The van der Waals surface area contributed by atoms with Crippen LogP contribution in [0.15, 0.2) is 24.3 Å². The topological polar surface area (TPSA) is 21.3 Å². The van der Waals surface area contributed by atoms with Crippen LogP contribution in [-0.2, 0) is 6.18 Å². The van der Waals surface area contributed by atoms with Gasteiger partial charge in [-0.3, -0.25) is 0 Å². The van der Waals surface area contributed by atoms with Gasteiger partial charge in [-0.1, -0.05) is 0 Å². The van der Waals surface area contributed by atoms with Gasteiger partial charge in [-0.05, 0) is 44.0 Å². The van der Waals surface area contributed by atoms with Gasteiger partial charge in [0.25, 0.3) is 0 Å². The van der Waals surface area contributed by atoms with Gasteiger partial charge in [0.2, 0.25) is 0 Å². The molecule has 1 heterocycles. The molecule has 5 heteroatoms. The highest BCUT2D eigenvalue weighted by atomic mass is 19.4. The highest BCUT2D eigenvalue weighted by Gasteiger charge is 2.30. The van der Waals surface area contributed by atoms with Gasteiger partial charge in [0, 0.05) is 18.5 Å². The summed E-state index contributed by atoms with van der Waals surface area (Å²) >= 11 is 0. The van der Waals surface area contributed by atoms with Crippen LogP contribution in [0.25, 0.3) is 0 Å². The number of alkyl halides is 3. The summed E-state index contributed by atoms with van der Waals surface area (Å²) < 4.78 is 42.7. The van der Waals surface area contributed by atoms with Crippen molar-refractivity contribution in [2.45, 2.75) is 32.0 Å². The lowest BCUT2D eigenvalue weighted by Crippen LogP contribution is -2.38. The Kier molecular flexibility index (Phi) is 4.34. The molecule has 19 heavy (non-hydrogen) atoms. The molecule has 1 aromatic carbocycles. The summed E-state index contributed by atoms with van der Waals surface area (Å²) in [5.74, 6) is 0.921. The van der Waals surface area contributed by atoms with E-state index in [0.29, 0.717) is 24.3 Å². The molecule has 0 aliphatic carbocycles. The molecule has 1 saturated heterocycles. The Labute approximate surface area is 111 Å². The van der Waals surface area contributed by atoms with Gasteiger partial charge in [0.15, 0.2) is 0 Å². The quantitative estimate of drug-likeness (QED) is 0.910. The van der Waals surface area contributed by atoms with E-state index in [-0.39, 0.29) is 0 Å². The third-order valence-electron chi connectivity index (χ3n) is 3.43. The maximum Gasteiger partial charge on any atom is 0.416 e. The van der Waals surface area contributed by atoms with Gasteiger partial charge < -0.3 is 10.1 Å². The first-order chi connectivity index (χ1) is 8.95. The summed E-state index contributed by atoms with van der Waals surface area (Å²) in [6.45, 7) is 3.60. The van der Waals surface area contributed by atoms with Crippen molar-refractivity contribution in [2.75, 3.05) is 13.2 Å². The monoisotopic (exact) mass is 273 g/mol. The Morgan fingerprint density at radius 3 is 2.42 bits per heavy atom. The van der Waals surface area contributed by atoms with Crippen molar-refractivity contribution in [1.82, 2.24) is 5.32 Å². The van der Waals surface area contributed by atoms with Crippen molar-refractivity contribution in [2.24, 2.45) is 5.92 Å². The van der Waals surface area contributed by atoms with E-state index >= 15 is 0 Å². The number of nitrogens with one attached hydrogen (secondary N) is 1. The lowest BCUT2D eigenvalue weighted by molar-refractivity contribution is -0.137. The van der Waals surface area contributed by atoms with E-state index in [0.717, 1.165) is 31.5 Å². The largest absolute Gasteiger partial charge is 0.493 e. The Morgan fingerprint density at radius 2 is 1.89 bits per heavy atom. The fourth-order valence-corrected chi connectivity index (χ4v) is 2.15.